The van der Waals surface area contributed by atoms with Crippen LogP contribution in [0.4, 0.5) is 5.69 Å². The highest BCUT2D eigenvalue weighted by Crippen LogP contribution is 2.23. The van der Waals surface area contributed by atoms with Crippen molar-refractivity contribution in [2.75, 3.05) is 5.32 Å². The van der Waals surface area contributed by atoms with Gasteiger partial charge in [0.15, 0.2) is 0 Å². The van der Waals surface area contributed by atoms with E-state index < -0.39 is 0 Å². The predicted octanol–water partition coefficient (Wildman–Crippen LogP) is 3.87. The van der Waals surface area contributed by atoms with Crippen molar-refractivity contribution in [3.63, 3.8) is 0 Å². The molecule has 1 aromatic heterocycles. The molecular formula is C16H20N2O. The van der Waals surface area contributed by atoms with E-state index in [1.165, 1.54) is 0 Å². The standard InChI is InChI=1S/C16H20N2O/c1-16(2,3)19-15-7-5-4-6-13(15)12-18-14-8-10-17-11-9-14/h4-11H,12H2,1-3H3,(H,17,18). The van der Waals surface area contributed by atoms with Gasteiger partial charge in [-0.2, -0.15) is 0 Å². The number of hydrogen-bond acceptors (Lipinski definition) is 3. The number of rotatable bonds is 4. The van der Waals surface area contributed by atoms with Crippen molar-refractivity contribution in [2.24, 2.45) is 0 Å². The summed E-state index contributed by atoms with van der Waals surface area (Å²) in [5.41, 5.74) is 2.02. The lowest BCUT2D eigenvalue weighted by Crippen LogP contribution is -2.23. The van der Waals surface area contributed by atoms with Gasteiger partial charge in [-0.05, 0) is 39.0 Å². The van der Waals surface area contributed by atoms with Crippen molar-refractivity contribution in [1.29, 1.82) is 0 Å². The van der Waals surface area contributed by atoms with Gasteiger partial charge in [0.05, 0.1) is 0 Å². The number of ether oxygens (including phenoxy) is 1. The van der Waals surface area contributed by atoms with Crippen molar-refractivity contribution >= 4 is 5.69 Å². The van der Waals surface area contributed by atoms with Crippen LogP contribution in [0.25, 0.3) is 0 Å². The number of anilines is 1. The highest BCUT2D eigenvalue weighted by molar-refractivity contribution is 5.43. The van der Waals surface area contributed by atoms with Gasteiger partial charge in [0.2, 0.25) is 0 Å². The summed E-state index contributed by atoms with van der Waals surface area (Å²) in [5.74, 6) is 0.927. The molecule has 0 spiro atoms. The van der Waals surface area contributed by atoms with E-state index in [1.807, 2.05) is 30.3 Å². The molecule has 100 valence electrons. The lowest BCUT2D eigenvalue weighted by Gasteiger charge is -2.23. The van der Waals surface area contributed by atoms with Crippen molar-refractivity contribution in [3.8, 4) is 5.75 Å². The molecule has 0 aliphatic heterocycles. The monoisotopic (exact) mass is 256 g/mol. The Morgan fingerprint density at radius 3 is 2.42 bits per heavy atom. The Balaban J connectivity index is 2.08. The van der Waals surface area contributed by atoms with Crippen LogP contribution in [0.1, 0.15) is 26.3 Å². The first-order valence-corrected chi connectivity index (χ1v) is 6.45. The minimum Gasteiger partial charge on any atom is -0.488 e. The van der Waals surface area contributed by atoms with E-state index in [0.717, 1.165) is 23.5 Å². The smallest absolute Gasteiger partial charge is 0.125 e. The second-order valence-corrected chi connectivity index (χ2v) is 5.41. The van der Waals surface area contributed by atoms with Crippen LogP contribution < -0.4 is 10.1 Å². The summed E-state index contributed by atoms with van der Waals surface area (Å²) in [7, 11) is 0. The van der Waals surface area contributed by atoms with E-state index in [9.17, 15) is 0 Å². The Bertz CT molecular complexity index is 518. The fraction of sp³-hybridized carbons (Fsp3) is 0.312. The van der Waals surface area contributed by atoms with Crippen LogP contribution in [0.2, 0.25) is 0 Å². The summed E-state index contributed by atoms with van der Waals surface area (Å²) in [6.45, 7) is 6.90. The number of pyridine rings is 1. The maximum Gasteiger partial charge on any atom is 0.125 e. The molecule has 3 nitrogen and oxygen atoms in total. The second kappa shape index (κ2) is 5.74. The van der Waals surface area contributed by atoms with E-state index in [2.05, 4.69) is 37.1 Å². The van der Waals surface area contributed by atoms with Crippen LogP contribution in [-0.4, -0.2) is 10.6 Å². The van der Waals surface area contributed by atoms with E-state index in [0.29, 0.717) is 0 Å². The Kier molecular flexibility index (Phi) is 4.05. The molecule has 1 heterocycles. The first-order chi connectivity index (χ1) is 9.04. The lowest BCUT2D eigenvalue weighted by molar-refractivity contribution is 0.129. The minimum absolute atomic E-state index is 0.188. The number of para-hydroxylation sites is 1. The van der Waals surface area contributed by atoms with Crippen LogP contribution in [0.5, 0.6) is 5.75 Å². The van der Waals surface area contributed by atoms with Gasteiger partial charge in [0.25, 0.3) is 0 Å². The maximum atomic E-state index is 5.97. The average Bonchev–Trinajstić information content (AvgIpc) is 2.37. The summed E-state index contributed by atoms with van der Waals surface area (Å²) in [5, 5.41) is 3.37. The van der Waals surface area contributed by atoms with Crippen LogP contribution in [0.15, 0.2) is 48.8 Å². The average molecular weight is 256 g/mol. The molecule has 0 radical (unpaired) electrons. The molecule has 0 fully saturated rings. The molecule has 3 heteroatoms. The molecule has 0 saturated carbocycles. The first kappa shape index (κ1) is 13.4. The molecule has 1 N–H and O–H groups in total. The number of nitrogens with one attached hydrogen (secondary N) is 1. The van der Waals surface area contributed by atoms with Gasteiger partial charge in [0.1, 0.15) is 11.4 Å². The van der Waals surface area contributed by atoms with Crippen LogP contribution >= 0.6 is 0 Å². The fourth-order valence-electron chi connectivity index (χ4n) is 1.75. The van der Waals surface area contributed by atoms with E-state index in [-0.39, 0.29) is 5.60 Å². The summed E-state index contributed by atoms with van der Waals surface area (Å²) < 4.78 is 5.97. The minimum atomic E-state index is -0.188. The SMILES string of the molecule is CC(C)(C)Oc1ccccc1CNc1ccncc1. The van der Waals surface area contributed by atoms with Crippen molar-refractivity contribution in [3.05, 3.63) is 54.4 Å². The molecule has 0 bridgehead atoms. The molecule has 1 aromatic carbocycles. The largest absolute Gasteiger partial charge is 0.488 e. The van der Waals surface area contributed by atoms with Crippen molar-refractivity contribution in [2.45, 2.75) is 32.9 Å². The van der Waals surface area contributed by atoms with Crippen LogP contribution in [0, 0.1) is 0 Å². The molecule has 0 saturated heterocycles. The molecule has 2 aromatic rings. The Hall–Kier alpha value is -2.03. The molecule has 0 aliphatic carbocycles. The molecule has 0 unspecified atom stereocenters. The Morgan fingerprint density at radius 1 is 1.05 bits per heavy atom. The third-order valence-corrected chi connectivity index (χ3v) is 2.55. The topological polar surface area (TPSA) is 34.1 Å². The molecule has 0 amide bonds. The quantitative estimate of drug-likeness (QED) is 0.901. The van der Waals surface area contributed by atoms with Crippen LogP contribution in [-0.2, 0) is 6.54 Å². The van der Waals surface area contributed by atoms with Crippen molar-refractivity contribution in [1.82, 2.24) is 4.98 Å². The highest BCUT2D eigenvalue weighted by atomic mass is 16.5. The Morgan fingerprint density at radius 2 is 1.74 bits per heavy atom. The molecular weight excluding hydrogens is 236 g/mol. The van der Waals surface area contributed by atoms with E-state index in [4.69, 9.17) is 4.74 Å². The highest BCUT2D eigenvalue weighted by Gasteiger charge is 2.13. The zero-order chi connectivity index (χ0) is 13.7. The molecule has 2 rings (SSSR count). The maximum absolute atomic E-state index is 5.97. The summed E-state index contributed by atoms with van der Waals surface area (Å²) in [6.07, 6.45) is 3.56. The lowest BCUT2D eigenvalue weighted by atomic mass is 10.1. The predicted molar refractivity (Wildman–Crippen MR) is 78.4 cm³/mol. The first-order valence-electron chi connectivity index (χ1n) is 6.45. The zero-order valence-corrected chi connectivity index (χ0v) is 11.7. The van der Waals surface area contributed by atoms with Gasteiger partial charge in [0, 0.05) is 30.2 Å². The van der Waals surface area contributed by atoms with E-state index >= 15 is 0 Å². The van der Waals surface area contributed by atoms with Crippen molar-refractivity contribution < 1.29 is 4.74 Å². The van der Waals surface area contributed by atoms with Gasteiger partial charge in [-0.1, -0.05) is 18.2 Å². The van der Waals surface area contributed by atoms with Gasteiger partial charge >= 0.3 is 0 Å². The van der Waals surface area contributed by atoms with Crippen LogP contribution in [0.3, 0.4) is 0 Å². The second-order valence-electron chi connectivity index (χ2n) is 5.41. The molecule has 0 atom stereocenters. The van der Waals surface area contributed by atoms with Gasteiger partial charge < -0.3 is 10.1 Å². The number of nitrogens with zero attached hydrogens (tertiary/aromatic N) is 1. The molecule has 19 heavy (non-hydrogen) atoms. The third-order valence-electron chi connectivity index (χ3n) is 2.55. The zero-order valence-electron chi connectivity index (χ0n) is 11.7. The Labute approximate surface area is 114 Å². The van der Waals surface area contributed by atoms with Gasteiger partial charge in [-0.3, -0.25) is 4.98 Å². The normalized spacial score (nSPS) is 11.1. The fourth-order valence-corrected chi connectivity index (χ4v) is 1.75. The molecule has 0 aliphatic rings. The third kappa shape index (κ3) is 4.28. The summed E-state index contributed by atoms with van der Waals surface area (Å²) >= 11 is 0. The van der Waals surface area contributed by atoms with Gasteiger partial charge in [-0.25, -0.2) is 0 Å². The number of hydrogen-bond donors (Lipinski definition) is 1. The van der Waals surface area contributed by atoms with Gasteiger partial charge in [-0.15, -0.1) is 0 Å². The number of aromatic nitrogens is 1. The van der Waals surface area contributed by atoms with E-state index in [1.54, 1.807) is 12.4 Å². The number of benzene rings is 1. The summed E-state index contributed by atoms with van der Waals surface area (Å²) in [4.78, 5) is 4.00. The summed E-state index contributed by atoms with van der Waals surface area (Å²) in [6, 6.07) is 12.0.